The molecule has 0 fully saturated rings. The van der Waals surface area contributed by atoms with Crippen molar-refractivity contribution < 1.29 is 4.79 Å². The van der Waals surface area contributed by atoms with Crippen molar-refractivity contribution in [2.75, 3.05) is 26.5 Å². The van der Waals surface area contributed by atoms with E-state index in [2.05, 4.69) is 40.0 Å². The molecule has 1 heterocycles. The summed E-state index contributed by atoms with van der Waals surface area (Å²) in [7, 11) is 3.45. The van der Waals surface area contributed by atoms with Crippen molar-refractivity contribution in [1.29, 1.82) is 0 Å². The van der Waals surface area contributed by atoms with Gasteiger partial charge in [0, 0.05) is 39.5 Å². The van der Waals surface area contributed by atoms with E-state index in [1.54, 1.807) is 14.1 Å². The highest BCUT2D eigenvalue weighted by molar-refractivity contribution is 6.17. The van der Waals surface area contributed by atoms with Crippen LogP contribution in [0, 0.1) is 6.92 Å². The Morgan fingerprint density at radius 3 is 2.86 bits per heavy atom. The van der Waals surface area contributed by atoms with E-state index in [1.807, 2.05) is 0 Å². The Labute approximate surface area is 129 Å². The first kappa shape index (κ1) is 15.6. The largest absolute Gasteiger partial charge is 0.336 e. The van der Waals surface area contributed by atoms with Gasteiger partial charge in [-0.2, -0.15) is 0 Å². The van der Waals surface area contributed by atoms with E-state index in [0.29, 0.717) is 19.0 Å². The van der Waals surface area contributed by atoms with E-state index in [1.165, 1.54) is 10.5 Å². The maximum Gasteiger partial charge on any atom is 0.316 e. The molecule has 0 saturated carbocycles. The van der Waals surface area contributed by atoms with E-state index >= 15 is 0 Å². The van der Waals surface area contributed by atoms with E-state index < -0.39 is 0 Å². The third-order valence-corrected chi connectivity index (χ3v) is 3.51. The van der Waals surface area contributed by atoms with Crippen molar-refractivity contribution in [3.8, 4) is 0 Å². The first-order valence-corrected chi connectivity index (χ1v) is 7.53. The van der Waals surface area contributed by atoms with Gasteiger partial charge >= 0.3 is 6.03 Å². The smallest absolute Gasteiger partial charge is 0.316 e. The van der Waals surface area contributed by atoms with Gasteiger partial charge in [0.05, 0.1) is 11.0 Å². The molecular weight excluding hydrogens is 288 g/mol. The topological polar surface area (TPSA) is 50.2 Å². The van der Waals surface area contributed by atoms with Crippen LogP contribution >= 0.6 is 11.6 Å². The molecule has 0 atom stereocenters. The number of aryl methyl sites for hydroxylation is 2. The summed E-state index contributed by atoms with van der Waals surface area (Å²) in [5, 5.41) is 2.87. The highest BCUT2D eigenvalue weighted by Crippen LogP contribution is 2.18. The van der Waals surface area contributed by atoms with E-state index in [0.717, 1.165) is 23.3 Å². The molecule has 1 aromatic carbocycles. The number of rotatable bonds is 5. The second-order valence-electron chi connectivity index (χ2n) is 5.24. The second kappa shape index (κ2) is 6.80. The quantitative estimate of drug-likeness (QED) is 0.862. The molecule has 1 aromatic heterocycles. The summed E-state index contributed by atoms with van der Waals surface area (Å²) in [6, 6.07) is 6.13. The predicted octanol–water partition coefficient (Wildman–Crippen LogP) is 2.40. The van der Waals surface area contributed by atoms with Crippen molar-refractivity contribution in [2.24, 2.45) is 0 Å². The van der Waals surface area contributed by atoms with Crippen LogP contribution in [-0.2, 0) is 13.0 Å². The molecule has 0 aliphatic carbocycles. The lowest BCUT2D eigenvalue weighted by Gasteiger charge is -2.13. The van der Waals surface area contributed by atoms with Gasteiger partial charge in [-0.15, -0.1) is 11.6 Å². The van der Waals surface area contributed by atoms with Gasteiger partial charge in [0.2, 0.25) is 0 Å². The Kier molecular flexibility index (Phi) is 5.07. The molecule has 6 heteroatoms. The second-order valence-corrected chi connectivity index (χ2v) is 5.62. The van der Waals surface area contributed by atoms with Crippen molar-refractivity contribution in [3.05, 3.63) is 29.6 Å². The zero-order chi connectivity index (χ0) is 15.4. The zero-order valence-electron chi connectivity index (χ0n) is 12.7. The fourth-order valence-electron chi connectivity index (χ4n) is 2.25. The summed E-state index contributed by atoms with van der Waals surface area (Å²) in [5.41, 5.74) is 3.25. The number of carbonyl (C=O) groups is 1. The highest BCUT2D eigenvalue weighted by atomic mass is 35.5. The Morgan fingerprint density at radius 2 is 2.19 bits per heavy atom. The predicted molar refractivity (Wildman–Crippen MR) is 86.0 cm³/mol. The number of amides is 2. The third-order valence-electron chi connectivity index (χ3n) is 3.32. The molecule has 21 heavy (non-hydrogen) atoms. The number of aromatic nitrogens is 2. The Morgan fingerprint density at radius 1 is 1.43 bits per heavy atom. The van der Waals surface area contributed by atoms with Gasteiger partial charge < -0.3 is 14.8 Å². The Bertz CT molecular complexity index is 636. The molecule has 2 amide bonds. The van der Waals surface area contributed by atoms with E-state index in [9.17, 15) is 4.79 Å². The minimum Gasteiger partial charge on any atom is -0.336 e. The fourth-order valence-corrected chi connectivity index (χ4v) is 2.42. The van der Waals surface area contributed by atoms with Crippen LogP contribution in [0.2, 0.25) is 0 Å². The SMILES string of the molecule is Cc1ccc2c(c1)nc(CCCl)n2CCNC(=O)N(C)C. The Balaban J connectivity index is 2.20. The maximum atomic E-state index is 11.6. The van der Waals surface area contributed by atoms with E-state index in [-0.39, 0.29) is 6.03 Å². The van der Waals surface area contributed by atoms with Crippen LogP contribution in [0.1, 0.15) is 11.4 Å². The molecule has 114 valence electrons. The molecular formula is C15H21ClN4O. The number of fused-ring (bicyclic) bond motifs is 1. The van der Waals surface area contributed by atoms with Crippen LogP contribution < -0.4 is 5.32 Å². The molecule has 0 spiro atoms. The number of alkyl halides is 1. The van der Waals surface area contributed by atoms with Crippen LogP contribution in [0.25, 0.3) is 11.0 Å². The third kappa shape index (κ3) is 3.67. The van der Waals surface area contributed by atoms with Gasteiger partial charge in [0.1, 0.15) is 5.82 Å². The van der Waals surface area contributed by atoms with E-state index in [4.69, 9.17) is 11.6 Å². The van der Waals surface area contributed by atoms with Crippen molar-refractivity contribution in [2.45, 2.75) is 19.9 Å². The monoisotopic (exact) mass is 308 g/mol. The molecule has 2 rings (SSSR count). The van der Waals surface area contributed by atoms with Crippen molar-refractivity contribution in [3.63, 3.8) is 0 Å². The lowest BCUT2D eigenvalue weighted by atomic mass is 10.2. The molecule has 5 nitrogen and oxygen atoms in total. The standard InChI is InChI=1S/C15H21ClN4O/c1-11-4-5-13-12(10-11)18-14(6-7-16)20(13)9-8-17-15(21)19(2)3/h4-5,10H,6-9H2,1-3H3,(H,17,21). The van der Waals surface area contributed by atoms with Crippen LogP contribution in [0.15, 0.2) is 18.2 Å². The number of nitrogens with one attached hydrogen (secondary N) is 1. The van der Waals surface area contributed by atoms with Crippen LogP contribution in [0.4, 0.5) is 4.79 Å². The number of nitrogens with zero attached hydrogens (tertiary/aromatic N) is 3. The van der Waals surface area contributed by atoms with Gasteiger partial charge in [0.25, 0.3) is 0 Å². The highest BCUT2D eigenvalue weighted by Gasteiger charge is 2.11. The summed E-state index contributed by atoms with van der Waals surface area (Å²) >= 11 is 5.86. The minimum absolute atomic E-state index is 0.0887. The zero-order valence-corrected chi connectivity index (χ0v) is 13.4. The Hall–Kier alpha value is -1.75. The molecule has 0 saturated heterocycles. The average molecular weight is 309 g/mol. The van der Waals surface area contributed by atoms with Gasteiger partial charge in [-0.1, -0.05) is 6.07 Å². The molecule has 0 radical (unpaired) electrons. The normalized spacial score (nSPS) is 10.9. The van der Waals surface area contributed by atoms with Gasteiger partial charge in [-0.3, -0.25) is 0 Å². The van der Waals surface area contributed by atoms with Crippen molar-refractivity contribution >= 4 is 28.7 Å². The molecule has 0 bridgehead atoms. The van der Waals surface area contributed by atoms with Crippen LogP contribution in [0.3, 0.4) is 0 Å². The minimum atomic E-state index is -0.0887. The first-order valence-electron chi connectivity index (χ1n) is 7.00. The number of urea groups is 1. The number of carbonyl (C=O) groups excluding carboxylic acids is 1. The molecule has 2 aromatic rings. The number of hydrogen-bond acceptors (Lipinski definition) is 2. The van der Waals surface area contributed by atoms with Crippen LogP contribution in [0.5, 0.6) is 0 Å². The van der Waals surface area contributed by atoms with Gasteiger partial charge in [-0.05, 0) is 24.6 Å². The van der Waals surface area contributed by atoms with Crippen LogP contribution in [-0.4, -0.2) is 47.0 Å². The van der Waals surface area contributed by atoms with Gasteiger partial charge in [-0.25, -0.2) is 9.78 Å². The first-order chi connectivity index (χ1) is 10.0. The number of benzene rings is 1. The molecule has 0 aliphatic rings. The number of hydrogen-bond donors (Lipinski definition) is 1. The maximum absolute atomic E-state index is 11.6. The summed E-state index contributed by atoms with van der Waals surface area (Å²) < 4.78 is 2.13. The molecule has 0 unspecified atom stereocenters. The number of imidazole rings is 1. The summed E-state index contributed by atoms with van der Waals surface area (Å²) in [6.45, 7) is 3.30. The van der Waals surface area contributed by atoms with Gasteiger partial charge in [0.15, 0.2) is 0 Å². The summed E-state index contributed by atoms with van der Waals surface area (Å²) in [5.74, 6) is 1.50. The molecule has 1 N–H and O–H groups in total. The summed E-state index contributed by atoms with van der Waals surface area (Å²) in [4.78, 5) is 17.7. The fraction of sp³-hybridized carbons (Fsp3) is 0.467. The summed E-state index contributed by atoms with van der Waals surface area (Å²) in [6.07, 6.45) is 0.719. The lowest BCUT2D eigenvalue weighted by Crippen LogP contribution is -2.36. The molecule has 0 aliphatic heterocycles. The van der Waals surface area contributed by atoms with Crippen molar-refractivity contribution in [1.82, 2.24) is 19.8 Å². The lowest BCUT2D eigenvalue weighted by molar-refractivity contribution is 0.217. The average Bonchev–Trinajstić information content (AvgIpc) is 2.76. The number of halogens is 1.